The highest BCUT2D eigenvalue weighted by Gasteiger charge is 2.26. The fraction of sp³-hybridized carbons (Fsp3) is 0.231. The van der Waals surface area contributed by atoms with Crippen LogP contribution in [0.5, 0.6) is 5.75 Å². The van der Waals surface area contributed by atoms with E-state index in [4.69, 9.17) is 22.2 Å². The highest BCUT2D eigenvalue weighted by molar-refractivity contribution is 6.30. The maximum absolute atomic E-state index is 13.5. The molecule has 1 amide bonds. The van der Waals surface area contributed by atoms with Crippen LogP contribution < -0.4 is 32.9 Å². The summed E-state index contributed by atoms with van der Waals surface area (Å²) in [6.45, 7) is 0.129. The summed E-state index contributed by atoms with van der Waals surface area (Å²) >= 11 is 6.02. The molecule has 2 heterocycles. The SMILES string of the molecule is Nn1c(=O)n(C2CCC2)c(=O)n(Cc2ccc(Cl)cc2)/c1=N/c1ccc(OC2=CC(C(=O)N=O)NC=C2)cc1. The zero-order valence-electron chi connectivity index (χ0n) is 20.6. The number of amides is 1. The van der Waals surface area contributed by atoms with Crippen molar-refractivity contribution in [1.29, 1.82) is 0 Å². The third-order valence-electron chi connectivity index (χ3n) is 6.51. The average Bonchev–Trinajstić information content (AvgIpc) is 2.92. The van der Waals surface area contributed by atoms with Crippen LogP contribution in [0.4, 0.5) is 5.69 Å². The van der Waals surface area contributed by atoms with Crippen LogP contribution in [0.15, 0.2) is 92.4 Å². The van der Waals surface area contributed by atoms with Crippen molar-refractivity contribution in [3.05, 3.63) is 115 Å². The molecule has 0 saturated heterocycles. The second-order valence-electron chi connectivity index (χ2n) is 9.09. The minimum atomic E-state index is -0.906. The minimum absolute atomic E-state index is 0.0177. The van der Waals surface area contributed by atoms with Crippen LogP contribution in [0, 0.1) is 4.91 Å². The summed E-state index contributed by atoms with van der Waals surface area (Å²) in [7, 11) is 0. The van der Waals surface area contributed by atoms with Gasteiger partial charge in [-0.25, -0.2) is 19.1 Å². The maximum atomic E-state index is 13.5. The van der Waals surface area contributed by atoms with Crippen LogP contribution in [0.25, 0.3) is 0 Å². The molecule has 1 saturated carbocycles. The standard InChI is InChI=1S/C26H24ClN7O5/c27-17-6-4-16(5-7-17)15-32-24(34(28)26(37)33(25(32)36)19-2-1-3-19)30-18-8-10-20(11-9-18)39-21-12-13-29-22(14-21)23(35)31-38/h4-14,19,22,29H,1-3,15,28H2/b30-24-. The van der Waals surface area contributed by atoms with Crippen LogP contribution in [-0.4, -0.2) is 25.8 Å². The van der Waals surface area contributed by atoms with E-state index in [1.807, 2.05) is 0 Å². The van der Waals surface area contributed by atoms with Gasteiger partial charge in [-0.3, -0.25) is 9.36 Å². The molecule has 39 heavy (non-hydrogen) atoms. The number of carbonyl (C=O) groups excluding carboxylic acids is 1. The molecule has 0 bridgehead atoms. The lowest BCUT2D eigenvalue weighted by Crippen LogP contribution is -2.59. The van der Waals surface area contributed by atoms with Crippen molar-refractivity contribution in [3.8, 4) is 5.75 Å². The van der Waals surface area contributed by atoms with Gasteiger partial charge in [0.2, 0.25) is 5.62 Å². The Bertz CT molecular complexity index is 1660. The quantitative estimate of drug-likeness (QED) is 0.338. The molecular formula is C26H24ClN7O5. The lowest BCUT2D eigenvalue weighted by atomic mass is 9.93. The van der Waals surface area contributed by atoms with E-state index in [1.54, 1.807) is 54.6 Å². The molecule has 12 nitrogen and oxygen atoms in total. The van der Waals surface area contributed by atoms with E-state index in [0.29, 0.717) is 22.2 Å². The van der Waals surface area contributed by atoms with Crippen molar-refractivity contribution in [1.82, 2.24) is 19.1 Å². The molecule has 0 spiro atoms. The molecule has 1 aliphatic heterocycles. The van der Waals surface area contributed by atoms with Gasteiger partial charge in [0, 0.05) is 22.4 Å². The van der Waals surface area contributed by atoms with Gasteiger partial charge in [0.1, 0.15) is 17.6 Å². The molecule has 1 aromatic heterocycles. The molecule has 1 fully saturated rings. The zero-order chi connectivity index (χ0) is 27.5. The fourth-order valence-electron chi connectivity index (χ4n) is 4.22. The molecule has 3 aromatic rings. The van der Waals surface area contributed by atoms with Crippen molar-refractivity contribution >= 4 is 23.2 Å². The summed E-state index contributed by atoms with van der Waals surface area (Å²) in [5.74, 6) is 6.11. The Morgan fingerprint density at radius 1 is 1.08 bits per heavy atom. The number of aromatic nitrogens is 3. The molecular weight excluding hydrogens is 526 g/mol. The summed E-state index contributed by atoms with van der Waals surface area (Å²) in [5, 5.41) is 5.69. The van der Waals surface area contributed by atoms with Crippen molar-refractivity contribution in [2.75, 3.05) is 5.84 Å². The predicted octanol–water partition coefficient (Wildman–Crippen LogP) is 2.23. The third kappa shape index (κ3) is 5.46. The maximum Gasteiger partial charge on any atom is 0.354 e. The number of benzene rings is 2. The summed E-state index contributed by atoms with van der Waals surface area (Å²) in [5.41, 5.74) is 0.0637. The third-order valence-corrected chi connectivity index (χ3v) is 6.76. The predicted molar refractivity (Wildman–Crippen MR) is 144 cm³/mol. The van der Waals surface area contributed by atoms with Crippen LogP contribution in [0.1, 0.15) is 30.9 Å². The Hall–Kier alpha value is -4.71. The van der Waals surface area contributed by atoms with Gasteiger partial charge in [-0.1, -0.05) is 23.7 Å². The van der Waals surface area contributed by atoms with Gasteiger partial charge in [-0.05, 0) is 73.4 Å². The Morgan fingerprint density at radius 2 is 1.79 bits per heavy atom. The van der Waals surface area contributed by atoms with Gasteiger partial charge in [0.05, 0.1) is 12.2 Å². The molecule has 1 unspecified atom stereocenters. The highest BCUT2D eigenvalue weighted by Crippen LogP contribution is 2.28. The first kappa shape index (κ1) is 25.9. The van der Waals surface area contributed by atoms with E-state index in [9.17, 15) is 19.3 Å². The first-order chi connectivity index (χ1) is 18.8. The molecule has 1 aliphatic carbocycles. The van der Waals surface area contributed by atoms with E-state index < -0.39 is 23.3 Å². The van der Waals surface area contributed by atoms with Crippen molar-refractivity contribution in [3.63, 3.8) is 0 Å². The van der Waals surface area contributed by atoms with E-state index >= 15 is 0 Å². The Morgan fingerprint density at radius 3 is 2.44 bits per heavy atom. The monoisotopic (exact) mass is 549 g/mol. The first-order valence-corrected chi connectivity index (χ1v) is 12.5. The molecule has 5 rings (SSSR count). The van der Waals surface area contributed by atoms with Crippen molar-refractivity contribution in [2.45, 2.75) is 37.9 Å². The number of allylic oxidation sites excluding steroid dienone is 1. The molecule has 13 heteroatoms. The number of ether oxygens (including phenoxy) is 1. The highest BCUT2D eigenvalue weighted by atomic mass is 35.5. The number of dihydropyridines is 1. The minimum Gasteiger partial charge on any atom is -0.458 e. The molecule has 2 aromatic carbocycles. The van der Waals surface area contributed by atoms with Gasteiger partial charge >= 0.3 is 17.3 Å². The molecule has 1 atom stereocenters. The van der Waals surface area contributed by atoms with Crippen LogP contribution in [-0.2, 0) is 11.3 Å². The lowest BCUT2D eigenvalue weighted by molar-refractivity contribution is -0.118. The van der Waals surface area contributed by atoms with Gasteiger partial charge in [-0.15, -0.1) is 4.91 Å². The number of carbonyl (C=O) groups is 1. The van der Waals surface area contributed by atoms with E-state index in [2.05, 4.69) is 15.5 Å². The summed E-state index contributed by atoms with van der Waals surface area (Å²) < 4.78 is 9.23. The van der Waals surface area contributed by atoms with Gasteiger partial charge in [-0.2, -0.15) is 4.68 Å². The number of nitrogens with two attached hydrogens (primary N) is 1. The zero-order valence-corrected chi connectivity index (χ0v) is 21.3. The number of halogens is 1. The number of rotatable bonds is 7. The van der Waals surface area contributed by atoms with E-state index in [1.165, 1.54) is 21.4 Å². The van der Waals surface area contributed by atoms with Crippen LogP contribution in [0.2, 0.25) is 5.02 Å². The normalized spacial score (nSPS) is 17.2. The second kappa shape index (κ2) is 11.0. The summed E-state index contributed by atoms with van der Waals surface area (Å²) in [6, 6.07) is 12.4. The smallest absolute Gasteiger partial charge is 0.354 e. The van der Waals surface area contributed by atoms with Gasteiger partial charge in [0.25, 0.3) is 0 Å². The fourth-order valence-corrected chi connectivity index (χ4v) is 4.35. The van der Waals surface area contributed by atoms with E-state index in [0.717, 1.165) is 29.5 Å². The first-order valence-electron chi connectivity index (χ1n) is 12.2. The second-order valence-corrected chi connectivity index (χ2v) is 9.52. The number of hydrogen-bond donors (Lipinski definition) is 2. The Kier molecular flexibility index (Phi) is 7.28. The summed E-state index contributed by atoms with van der Waals surface area (Å²) in [6.07, 6.45) is 6.92. The van der Waals surface area contributed by atoms with Crippen LogP contribution in [0.3, 0.4) is 0 Å². The van der Waals surface area contributed by atoms with Gasteiger partial charge < -0.3 is 15.9 Å². The molecule has 2 aliphatic rings. The Balaban J connectivity index is 1.50. The molecule has 3 N–H and O–H groups in total. The van der Waals surface area contributed by atoms with Crippen LogP contribution >= 0.6 is 11.6 Å². The number of nitroso groups, excluding NO2 is 1. The topological polar surface area (TPSA) is 155 Å². The number of nitrogens with zero attached hydrogens (tertiary/aromatic N) is 5. The summed E-state index contributed by atoms with van der Waals surface area (Å²) in [4.78, 5) is 53.2. The number of nitrogens with one attached hydrogen (secondary N) is 1. The molecule has 0 radical (unpaired) electrons. The average molecular weight is 550 g/mol. The van der Waals surface area contributed by atoms with Gasteiger partial charge in [0.15, 0.2) is 0 Å². The largest absolute Gasteiger partial charge is 0.458 e. The Labute approximate surface area is 226 Å². The lowest BCUT2D eigenvalue weighted by Gasteiger charge is -2.27. The number of hydrogen-bond acceptors (Lipinski definition) is 8. The molecule has 200 valence electrons. The van der Waals surface area contributed by atoms with Crippen molar-refractivity contribution in [2.24, 2.45) is 10.2 Å². The van der Waals surface area contributed by atoms with Crippen molar-refractivity contribution < 1.29 is 9.53 Å². The number of nitrogen functional groups attached to an aromatic ring is 1. The van der Waals surface area contributed by atoms with E-state index in [-0.39, 0.29) is 18.2 Å².